The van der Waals surface area contributed by atoms with Crippen molar-refractivity contribution in [3.05, 3.63) is 70.4 Å². The maximum absolute atomic E-state index is 13.5. The molecule has 5 nitrogen and oxygen atoms in total. The number of aromatic nitrogens is 2. The highest BCUT2D eigenvalue weighted by Gasteiger charge is 2.34. The van der Waals surface area contributed by atoms with E-state index < -0.39 is 5.91 Å². The molecular formula is C23H21ClFN3O2. The monoisotopic (exact) mass is 425 g/mol. The first-order valence-corrected chi connectivity index (χ1v) is 10.2. The Balaban J connectivity index is 1.80. The quantitative estimate of drug-likeness (QED) is 0.502. The zero-order valence-corrected chi connectivity index (χ0v) is 17.4. The zero-order valence-electron chi connectivity index (χ0n) is 16.7. The first kappa shape index (κ1) is 20.3. The van der Waals surface area contributed by atoms with Crippen LogP contribution in [-0.2, 0) is 0 Å². The van der Waals surface area contributed by atoms with Crippen LogP contribution in [0.4, 0.5) is 10.1 Å². The average Bonchev–Trinajstić information content (AvgIpc) is 3.49. The van der Waals surface area contributed by atoms with Gasteiger partial charge in [0, 0.05) is 28.8 Å². The maximum atomic E-state index is 13.5. The number of hydrogen-bond acceptors (Lipinski definition) is 3. The highest BCUT2D eigenvalue weighted by Crippen LogP contribution is 2.43. The van der Waals surface area contributed by atoms with E-state index in [1.807, 2.05) is 13.8 Å². The Kier molecular flexibility index (Phi) is 5.43. The van der Waals surface area contributed by atoms with Gasteiger partial charge in [-0.05, 0) is 69.2 Å². The number of nitrogens with zero attached hydrogens (tertiary/aromatic N) is 2. The number of rotatable bonds is 6. The van der Waals surface area contributed by atoms with Crippen LogP contribution in [0.1, 0.15) is 65.3 Å². The molecule has 1 saturated carbocycles. The summed E-state index contributed by atoms with van der Waals surface area (Å²) in [6.45, 7) is 4.08. The van der Waals surface area contributed by atoms with Crippen LogP contribution < -0.4 is 5.32 Å². The summed E-state index contributed by atoms with van der Waals surface area (Å²) in [5.74, 6) is 0.463. The van der Waals surface area contributed by atoms with E-state index in [4.69, 9.17) is 16.6 Å². The Bertz CT molecular complexity index is 1120. The van der Waals surface area contributed by atoms with Crippen LogP contribution in [0.25, 0.3) is 11.3 Å². The molecule has 2 aromatic carbocycles. The second kappa shape index (κ2) is 8.03. The molecule has 3 aromatic rings. The number of nitrogens with one attached hydrogen (secondary N) is 1. The summed E-state index contributed by atoms with van der Waals surface area (Å²) in [5.41, 5.74) is 2.40. The summed E-state index contributed by atoms with van der Waals surface area (Å²) in [7, 11) is 0. The minimum Gasteiger partial charge on any atom is -0.325 e. The van der Waals surface area contributed by atoms with Gasteiger partial charge < -0.3 is 9.88 Å². The maximum Gasteiger partial charge on any atom is 0.276 e. The first-order valence-electron chi connectivity index (χ1n) is 9.83. The number of imidazole rings is 1. The Hall–Kier alpha value is -2.99. The van der Waals surface area contributed by atoms with E-state index >= 15 is 0 Å². The van der Waals surface area contributed by atoms with Crippen molar-refractivity contribution in [2.24, 2.45) is 0 Å². The number of hydrogen-bond donors (Lipinski definition) is 1. The van der Waals surface area contributed by atoms with Crippen molar-refractivity contribution in [1.82, 2.24) is 9.55 Å². The average molecular weight is 426 g/mol. The van der Waals surface area contributed by atoms with Crippen molar-refractivity contribution in [2.75, 3.05) is 5.32 Å². The number of carbonyl (C=O) groups excluding carboxylic acids is 2. The molecule has 0 bridgehead atoms. The standard InChI is InChI=1S/C23H21ClFN3O2/c1-13(2)28-21(14-5-7-17(25)8-6-14)20(27-22(28)15-3-4-15)23(30)26-18-9-10-19(24)16(11-18)12-29/h5-13,15H,3-4H2,1-2H3,(H,26,30). The molecule has 4 rings (SSSR count). The van der Waals surface area contributed by atoms with Crippen molar-refractivity contribution in [2.45, 2.75) is 38.6 Å². The van der Waals surface area contributed by atoms with Gasteiger partial charge in [-0.2, -0.15) is 0 Å². The van der Waals surface area contributed by atoms with E-state index in [2.05, 4.69) is 9.88 Å². The van der Waals surface area contributed by atoms with Crippen LogP contribution in [0.15, 0.2) is 42.5 Å². The van der Waals surface area contributed by atoms with Gasteiger partial charge in [0.15, 0.2) is 12.0 Å². The fourth-order valence-corrected chi connectivity index (χ4v) is 3.71. The molecule has 1 amide bonds. The highest BCUT2D eigenvalue weighted by atomic mass is 35.5. The minimum absolute atomic E-state index is 0.0758. The van der Waals surface area contributed by atoms with Gasteiger partial charge in [-0.1, -0.05) is 11.6 Å². The number of aldehydes is 1. The van der Waals surface area contributed by atoms with Crippen LogP contribution in [0.5, 0.6) is 0 Å². The van der Waals surface area contributed by atoms with E-state index in [1.54, 1.807) is 24.3 Å². The normalized spacial score (nSPS) is 13.5. The molecule has 0 radical (unpaired) electrons. The van der Waals surface area contributed by atoms with Crippen LogP contribution in [0, 0.1) is 5.82 Å². The van der Waals surface area contributed by atoms with Crippen LogP contribution in [0.2, 0.25) is 5.02 Å². The second-order valence-corrected chi connectivity index (χ2v) is 8.13. The largest absolute Gasteiger partial charge is 0.325 e. The Labute approximate surface area is 178 Å². The van der Waals surface area contributed by atoms with Gasteiger partial charge in [-0.15, -0.1) is 0 Å². The Morgan fingerprint density at radius 3 is 2.53 bits per heavy atom. The molecule has 154 valence electrons. The van der Waals surface area contributed by atoms with Crippen molar-refractivity contribution in [3.63, 3.8) is 0 Å². The molecule has 1 aliphatic rings. The molecule has 7 heteroatoms. The second-order valence-electron chi connectivity index (χ2n) is 7.72. The lowest BCUT2D eigenvalue weighted by atomic mass is 10.1. The smallest absolute Gasteiger partial charge is 0.276 e. The van der Waals surface area contributed by atoms with E-state index in [9.17, 15) is 14.0 Å². The lowest BCUT2D eigenvalue weighted by molar-refractivity contribution is 0.102. The van der Waals surface area contributed by atoms with Crippen molar-refractivity contribution < 1.29 is 14.0 Å². The molecule has 0 unspecified atom stereocenters. The molecule has 1 aromatic heterocycles. The van der Waals surface area contributed by atoms with E-state index in [1.165, 1.54) is 18.2 Å². The summed E-state index contributed by atoms with van der Waals surface area (Å²) in [6.07, 6.45) is 2.71. The summed E-state index contributed by atoms with van der Waals surface area (Å²) < 4.78 is 15.6. The van der Waals surface area contributed by atoms with Gasteiger partial charge in [0.25, 0.3) is 5.91 Å². The number of carbonyl (C=O) groups is 2. The molecule has 0 atom stereocenters. The van der Waals surface area contributed by atoms with Crippen LogP contribution in [-0.4, -0.2) is 21.7 Å². The molecule has 0 aliphatic heterocycles. The topological polar surface area (TPSA) is 64.0 Å². The third-order valence-corrected chi connectivity index (χ3v) is 5.46. The fraction of sp³-hybridized carbons (Fsp3) is 0.261. The van der Waals surface area contributed by atoms with Gasteiger partial charge in [0.1, 0.15) is 11.6 Å². The summed E-state index contributed by atoms with van der Waals surface area (Å²) in [5, 5.41) is 3.13. The van der Waals surface area contributed by atoms with Gasteiger partial charge in [-0.3, -0.25) is 9.59 Å². The van der Waals surface area contributed by atoms with E-state index in [0.717, 1.165) is 24.2 Å². The predicted octanol–water partition coefficient (Wildman–Crippen LogP) is 5.87. The number of benzene rings is 2. The minimum atomic E-state index is -0.394. The summed E-state index contributed by atoms with van der Waals surface area (Å²) in [6, 6.07) is 10.9. The van der Waals surface area contributed by atoms with Crippen LogP contribution in [0.3, 0.4) is 0 Å². The van der Waals surface area contributed by atoms with Crippen molar-refractivity contribution >= 4 is 29.5 Å². The molecular weight excluding hydrogens is 405 g/mol. The van der Waals surface area contributed by atoms with Crippen molar-refractivity contribution in [3.8, 4) is 11.3 Å². The number of halogens is 2. The number of anilines is 1. The van der Waals surface area contributed by atoms with E-state index in [-0.39, 0.29) is 17.6 Å². The molecule has 0 saturated heterocycles. The molecule has 1 heterocycles. The van der Waals surface area contributed by atoms with Gasteiger partial charge in [0.2, 0.25) is 0 Å². The lowest BCUT2D eigenvalue weighted by Crippen LogP contribution is -2.15. The van der Waals surface area contributed by atoms with Gasteiger partial charge in [0.05, 0.1) is 10.7 Å². The van der Waals surface area contributed by atoms with Gasteiger partial charge >= 0.3 is 0 Å². The number of amides is 1. The molecule has 1 aliphatic carbocycles. The molecule has 30 heavy (non-hydrogen) atoms. The Morgan fingerprint density at radius 2 is 1.93 bits per heavy atom. The third-order valence-electron chi connectivity index (χ3n) is 5.11. The summed E-state index contributed by atoms with van der Waals surface area (Å²) >= 11 is 5.98. The summed E-state index contributed by atoms with van der Waals surface area (Å²) in [4.78, 5) is 29.1. The van der Waals surface area contributed by atoms with Crippen LogP contribution >= 0.6 is 11.6 Å². The lowest BCUT2D eigenvalue weighted by Gasteiger charge is -2.16. The highest BCUT2D eigenvalue weighted by molar-refractivity contribution is 6.33. The molecule has 0 spiro atoms. The zero-order chi connectivity index (χ0) is 21.4. The van der Waals surface area contributed by atoms with Gasteiger partial charge in [-0.25, -0.2) is 9.37 Å². The van der Waals surface area contributed by atoms with E-state index in [0.29, 0.717) is 34.2 Å². The molecule has 1 fully saturated rings. The third kappa shape index (κ3) is 3.87. The fourth-order valence-electron chi connectivity index (χ4n) is 3.55. The van der Waals surface area contributed by atoms with Crippen molar-refractivity contribution in [1.29, 1.82) is 0 Å². The Morgan fingerprint density at radius 1 is 1.23 bits per heavy atom. The first-order chi connectivity index (χ1) is 14.4. The SMILES string of the molecule is CC(C)n1c(C2CC2)nc(C(=O)Nc2ccc(Cl)c(C=O)c2)c1-c1ccc(F)cc1. The molecule has 1 N–H and O–H groups in total. The predicted molar refractivity (Wildman–Crippen MR) is 115 cm³/mol.